The van der Waals surface area contributed by atoms with Gasteiger partial charge in [-0.25, -0.2) is 0 Å². The van der Waals surface area contributed by atoms with Crippen molar-refractivity contribution in [3.05, 3.63) is 29.6 Å². The molecule has 3 atom stereocenters. The summed E-state index contributed by atoms with van der Waals surface area (Å²) in [6.07, 6.45) is 0.796. The van der Waals surface area contributed by atoms with Gasteiger partial charge in [0.05, 0.1) is 0 Å². The molecule has 3 N–H and O–H groups in total. The van der Waals surface area contributed by atoms with Crippen molar-refractivity contribution < 1.29 is 15.3 Å². The van der Waals surface area contributed by atoms with Gasteiger partial charge in [0.25, 0.3) is 0 Å². The quantitative estimate of drug-likeness (QED) is 0.513. The Kier molecular flexibility index (Phi) is 1.66. The number of aliphatic hydroxyl groups excluding tert-OH is 2. The van der Waals surface area contributed by atoms with Gasteiger partial charge >= 0.3 is 0 Å². The van der Waals surface area contributed by atoms with E-state index in [1.807, 2.05) is 0 Å². The van der Waals surface area contributed by atoms with Crippen molar-refractivity contribution in [1.82, 2.24) is 4.98 Å². The predicted molar refractivity (Wildman–Crippen MR) is 44.8 cm³/mol. The smallest absolute Gasteiger partial charge is 0.117 e. The number of hydrogen-bond donors (Lipinski definition) is 3. The molecule has 0 aliphatic heterocycles. The minimum Gasteiger partial charge on any atom is -0.387 e. The lowest BCUT2D eigenvalue weighted by atomic mass is 9.98. The molecule has 1 aliphatic rings. The molecule has 4 nitrogen and oxygen atoms in total. The molecule has 1 aromatic heterocycles. The zero-order valence-electron chi connectivity index (χ0n) is 7.18. The van der Waals surface area contributed by atoms with Crippen molar-refractivity contribution in [2.45, 2.75) is 24.7 Å². The van der Waals surface area contributed by atoms with Crippen LogP contribution in [0.1, 0.15) is 24.2 Å². The van der Waals surface area contributed by atoms with Crippen LogP contribution in [0.4, 0.5) is 0 Å². The molecule has 1 aliphatic carbocycles. The van der Waals surface area contributed by atoms with E-state index in [9.17, 15) is 15.3 Å². The maximum atomic E-state index is 9.84. The van der Waals surface area contributed by atoms with Crippen LogP contribution in [0.3, 0.4) is 0 Å². The minimum atomic E-state index is -1.40. The number of pyridine rings is 1. The van der Waals surface area contributed by atoms with Crippen LogP contribution in [0.25, 0.3) is 0 Å². The summed E-state index contributed by atoms with van der Waals surface area (Å²) in [5.74, 6) is 0. The van der Waals surface area contributed by atoms with Gasteiger partial charge in [-0.15, -0.1) is 0 Å². The van der Waals surface area contributed by atoms with Crippen LogP contribution in [0.5, 0.6) is 0 Å². The standard InChI is InChI=1S/C9H11NO3/c1-9(13)6-4-10-3-2-5(6)7(11)8(9)12/h2-4,7-8,11-13H,1H3. The molecule has 0 saturated heterocycles. The molecule has 70 valence electrons. The lowest BCUT2D eigenvalue weighted by Crippen LogP contribution is -2.34. The summed E-state index contributed by atoms with van der Waals surface area (Å²) in [6, 6.07) is 1.60. The van der Waals surface area contributed by atoms with E-state index >= 15 is 0 Å². The second kappa shape index (κ2) is 2.51. The molecule has 4 heteroatoms. The van der Waals surface area contributed by atoms with Gasteiger partial charge < -0.3 is 15.3 Å². The van der Waals surface area contributed by atoms with E-state index in [1.165, 1.54) is 19.3 Å². The largest absolute Gasteiger partial charge is 0.387 e. The fraction of sp³-hybridized carbons (Fsp3) is 0.444. The highest BCUT2D eigenvalue weighted by Crippen LogP contribution is 2.42. The van der Waals surface area contributed by atoms with Crippen molar-refractivity contribution in [3.8, 4) is 0 Å². The van der Waals surface area contributed by atoms with Crippen molar-refractivity contribution in [2.24, 2.45) is 0 Å². The van der Waals surface area contributed by atoms with E-state index in [0.717, 1.165) is 0 Å². The molecule has 0 bridgehead atoms. The first-order valence-electron chi connectivity index (χ1n) is 4.08. The highest BCUT2D eigenvalue weighted by atomic mass is 16.4. The first kappa shape index (κ1) is 8.62. The molecular weight excluding hydrogens is 170 g/mol. The highest BCUT2D eigenvalue weighted by molar-refractivity contribution is 5.38. The Morgan fingerprint density at radius 2 is 2.15 bits per heavy atom. The van der Waals surface area contributed by atoms with E-state index in [-0.39, 0.29) is 0 Å². The first-order chi connectivity index (χ1) is 6.05. The monoisotopic (exact) mass is 181 g/mol. The lowest BCUT2D eigenvalue weighted by Gasteiger charge is -2.22. The molecule has 0 radical (unpaired) electrons. The minimum absolute atomic E-state index is 0.495. The third-order valence-corrected chi connectivity index (χ3v) is 2.59. The number of rotatable bonds is 0. The van der Waals surface area contributed by atoms with Gasteiger partial charge in [-0.3, -0.25) is 4.98 Å². The zero-order chi connectivity index (χ0) is 9.64. The number of aliphatic hydroxyl groups is 3. The average molecular weight is 181 g/mol. The Labute approximate surface area is 75.5 Å². The number of fused-ring (bicyclic) bond motifs is 1. The Hall–Kier alpha value is -0.970. The van der Waals surface area contributed by atoms with Crippen molar-refractivity contribution in [3.63, 3.8) is 0 Å². The van der Waals surface area contributed by atoms with Gasteiger partial charge in [-0.05, 0) is 18.6 Å². The summed E-state index contributed by atoms with van der Waals surface area (Å²) in [5.41, 5.74) is -0.356. The first-order valence-corrected chi connectivity index (χ1v) is 4.08. The Bertz CT molecular complexity index is 337. The van der Waals surface area contributed by atoms with Crippen molar-refractivity contribution >= 4 is 0 Å². The Morgan fingerprint density at radius 1 is 1.46 bits per heavy atom. The molecular formula is C9H11NO3. The van der Waals surface area contributed by atoms with Gasteiger partial charge in [0.2, 0.25) is 0 Å². The van der Waals surface area contributed by atoms with E-state index < -0.39 is 17.8 Å². The summed E-state index contributed by atoms with van der Waals surface area (Å²) in [7, 11) is 0. The molecule has 0 saturated carbocycles. The SMILES string of the molecule is CC1(O)c2cnccc2C(O)C1O. The van der Waals surface area contributed by atoms with Crippen LogP contribution >= 0.6 is 0 Å². The molecule has 0 amide bonds. The van der Waals surface area contributed by atoms with Crippen LogP contribution in [0.2, 0.25) is 0 Å². The summed E-state index contributed by atoms with van der Waals surface area (Å²) >= 11 is 0. The van der Waals surface area contributed by atoms with Crippen LogP contribution < -0.4 is 0 Å². The molecule has 1 aromatic rings. The number of nitrogens with zero attached hydrogens (tertiary/aromatic N) is 1. The predicted octanol–water partition coefficient (Wildman–Crippen LogP) is -0.303. The van der Waals surface area contributed by atoms with Gasteiger partial charge in [-0.2, -0.15) is 0 Å². The fourth-order valence-corrected chi connectivity index (χ4v) is 1.72. The lowest BCUT2D eigenvalue weighted by molar-refractivity contribution is -0.103. The molecule has 13 heavy (non-hydrogen) atoms. The van der Waals surface area contributed by atoms with Crippen LogP contribution in [0.15, 0.2) is 18.5 Å². The van der Waals surface area contributed by atoms with Crippen LogP contribution in [0, 0.1) is 0 Å². The Balaban J connectivity index is 2.61. The fourth-order valence-electron chi connectivity index (χ4n) is 1.72. The van der Waals surface area contributed by atoms with E-state index in [4.69, 9.17) is 0 Å². The van der Waals surface area contributed by atoms with Crippen molar-refractivity contribution in [2.75, 3.05) is 0 Å². The molecule has 1 heterocycles. The summed E-state index contributed by atoms with van der Waals surface area (Å²) in [6.45, 7) is 1.47. The van der Waals surface area contributed by atoms with Crippen molar-refractivity contribution in [1.29, 1.82) is 0 Å². The molecule has 2 rings (SSSR count). The maximum absolute atomic E-state index is 9.84. The summed E-state index contributed by atoms with van der Waals surface area (Å²) < 4.78 is 0. The molecule has 3 unspecified atom stereocenters. The van der Waals surface area contributed by atoms with Gasteiger partial charge in [-0.1, -0.05) is 0 Å². The van der Waals surface area contributed by atoms with Gasteiger partial charge in [0, 0.05) is 18.0 Å². The Morgan fingerprint density at radius 3 is 2.77 bits per heavy atom. The van der Waals surface area contributed by atoms with E-state index in [1.54, 1.807) is 6.07 Å². The highest BCUT2D eigenvalue weighted by Gasteiger charge is 2.46. The van der Waals surface area contributed by atoms with Crippen LogP contribution in [-0.2, 0) is 5.60 Å². The molecule has 0 fully saturated rings. The van der Waals surface area contributed by atoms with Crippen LogP contribution in [-0.4, -0.2) is 26.4 Å². The number of aromatic nitrogens is 1. The molecule has 0 spiro atoms. The summed E-state index contributed by atoms with van der Waals surface area (Å²) in [4.78, 5) is 3.84. The third kappa shape index (κ3) is 0.997. The third-order valence-electron chi connectivity index (χ3n) is 2.59. The normalized spacial score (nSPS) is 37.5. The maximum Gasteiger partial charge on any atom is 0.117 e. The van der Waals surface area contributed by atoms with E-state index in [0.29, 0.717) is 11.1 Å². The van der Waals surface area contributed by atoms with E-state index in [2.05, 4.69) is 4.98 Å². The van der Waals surface area contributed by atoms with Gasteiger partial charge in [0.1, 0.15) is 17.8 Å². The second-order valence-electron chi connectivity index (χ2n) is 3.50. The topological polar surface area (TPSA) is 73.6 Å². The number of hydrogen-bond acceptors (Lipinski definition) is 4. The van der Waals surface area contributed by atoms with Gasteiger partial charge in [0.15, 0.2) is 0 Å². The summed E-state index contributed by atoms with van der Waals surface area (Å²) in [5, 5.41) is 28.9. The zero-order valence-corrected chi connectivity index (χ0v) is 7.18. The molecule has 0 aromatic carbocycles. The average Bonchev–Trinajstić information content (AvgIpc) is 2.30. The second-order valence-corrected chi connectivity index (χ2v) is 3.50.